The van der Waals surface area contributed by atoms with Crippen LogP contribution >= 0.6 is 24.0 Å². The van der Waals surface area contributed by atoms with Gasteiger partial charge in [-0.15, -0.1) is 24.0 Å². The third-order valence-corrected chi connectivity index (χ3v) is 4.55. The van der Waals surface area contributed by atoms with Gasteiger partial charge in [-0.25, -0.2) is 4.98 Å². The van der Waals surface area contributed by atoms with E-state index < -0.39 is 0 Å². The number of aryl methyl sites for hydroxylation is 2. The van der Waals surface area contributed by atoms with Crippen molar-refractivity contribution in [3.05, 3.63) is 41.9 Å². The van der Waals surface area contributed by atoms with E-state index in [1.807, 2.05) is 45.4 Å². The van der Waals surface area contributed by atoms with Gasteiger partial charge in [0.1, 0.15) is 11.9 Å². The first-order chi connectivity index (χ1) is 14.0. The maximum atomic E-state index is 12.2. The summed E-state index contributed by atoms with van der Waals surface area (Å²) in [6.07, 6.45) is 4.06. The SMILES string of the molecule is CCNC(=NCCC(=O)Nc1cccc(C)n1)N1CCOC(c2cnn(C)c2)C1.I. The fourth-order valence-electron chi connectivity index (χ4n) is 3.16. The number of carbonyl (C=O) groups is 1. The maximum absolute atomic E-state index is 12.2. The molecule has 2 aromatic rings. The molecule has 0 spiro atoms. The van der Waals surface area contributed by atoms with Gasteiger partial charge in [0.05, 0.1) is 25.9 Å². The molecule has 0 aromatic carbocycles. The number of nitrogens with zero attached hydrogens (tertiary/aromatic N) is 5. The molecule has 3 heterocycles. The molecule has 9 nitrogen and oxygen atoms in total. The molecule has 2 aromatic heterocycles. The molecule has 1 amide bonds. The van der Waals surface area contributed by atoms with Crippen LogP contribution in [0.2, 0.25) is 0 Å². The molecule has 164 valence electrons. The molecule has 0 aliphatic carbocycles. The van der Waals surface area contributed by atoms with Crippen LogP contribution in [-0.4, -0.2) is 64.3 Å². The summed E-state index contributed by atoms with van der Waals surface area (Å²) in [5.74, 6) is 1.27. The molecule has 2 N–H and O–H groups in total. The predicted octanol–water partition coefficient (Wildman–Crippen LogP) is 2.11. The van der Waals surface area contributed by atoms with Crippen LogP contribution in [0.4, 0.5) is 5.82 Å². The second kappa shape index (κ2) is 11.8. The van der Waals surface area contributed by atoms with E-state index in [-0.39, 0.29) is 36.0 Å². The van der Waals surface area contributed by atoms with Crippen molar-refractivity contribution in [2.24, 2.45) is 12.0 Å². The first kappa shape index (κ1) is 24.1. The van der Waals surface area contributed by atoms with Crippen molar-refractivity contribution in [3.63, 3.8) is 0 Å². The van der Waals surface area contributed by atoms with Gasteiger partial charge in [0.15, 0.2) is 5.96 Å². The summed E-state index contributed by atoms with van der Waals surface area (Å²) in [6, 6.07) is 5.55. The third-order valence-electron chi connectivity index (χ3n) is 4.55. The fraction of sp³-hybridized carbons (Fsp3) is 0.500. The number of hydrogen-bond acceptors (Lipinski definition) is 5. The molecule has 3 rings (SSSR count). The van der Waals surface area contributed by atoms with Gasteiger partial charge in [-0.05, 0) is 26.0 Å². The number of pyridine rings is 1. The largest absolute Gasteiger partial charge is 0.370 e. The topological polar surface area (TPSA) is 96.7 Å². The lowest BCUT2D eigenvalue weighted by atomic mass is 10.1. The predicted molar refractivity (Wildman–Crippen MR) is 127 cm³/mol. The van der Waals surface area contributed by atoms with Gasteiger partial charge in [-0.2, -0.15) is 5.10 Å². The summed E-state index contributed by atoms with van der Waals surface area (Å²) in [5.41, 5.74) is 1.92. The summed E-state index contributed by atoms with van der Waals surface area (Å²) in [6.45, 7) is 7.14. The number of guanidine groups is 1. The molecular weight excluding hydrogens is 497 g/mol. The molecule has 0 bridgehead atoms. The van der Waals surface area contributed by atoms with E-state index in [1.165, 1.54) is 0 Å². The van der Waals surface area contributed by atoms with Crippen LogP contribution in [-0.2, 0) is 16.6 Å². The molecule has 1 saturated heterocycles. The van der Waals surface area contributed by atoms with Gasteiger partial charge < -0.3 is 20.3 Å². The number of nitrogens with one attached hydrogen (secondary N) is 2. The van der Waals surface area contributed by atoms with Gasteiger partial charge >= 0.3 is 0 Å². The fourth-order valence-corrected chi connectivity index (χ4v) is 3.16. The van der Waals surface area contributed by atoms with E-state index >= 15 is 0 Å². The quantitative estimate of drug-likeness (QED) is 0.340. The van der Waals surface area contributed by atoms with Gasteiger partial charge in [0.2, 0.25) is 5.91 Å². The van der Waals surface area contributed by atoms with Crippen LogP contribution in [0.15, 0.2) is 35.6 Å². The minimum absolute atomic E-state index is 0. The van der Waals surface area contributed by atoms with Crippen molar-refractivity contribution in [1.29, 1.82) is 0 Å². The van der Waals surface area contributed by atoms with E-state index in [2.05, 4.69) is 30.6 Å². The number of carbonyl (C=O) groups excluding carboxylic acids is 1. The highest BCUT2D eigenvalue weighted by atomic mass is 127. The Bertz CT molecular complexity index is 855. The lowest BCUT2D eigenvalue weighted by Gasteiger charge is -2.34. The zero-order valence-corrected chi connectivity index (χ0v) is 20.0. The summed E-state index contributed by atoms with van der Waals surface area (Å²) >= 11 is 0. The van der Waals surface area contributed by atoms with Crippen LogP contribution in [0, 0.1) is 6.92 Å². The molecule has 30 heavy (non-hydrogen) atoms. The van der Waals surface area contributed by atoms with Gasteiger partial charge in [-0.1, -0.05) is 6.07 Å². The normalized spacial score (nSPS) is 16.7. The number of anilines is 1. The highest BCUT2D eigenvalue weighted by Crippen LogP contribution is 2.21. The second-order valence-corrected chi connectivity index (χ2v) is 6.95. The van der Waals surface area contributed by atoms with E-state index in [4.69, 9.17) is 4.74 Å². The van der Waals surface area contributed by atoms with E-state index in [0.717, 1.165) is 30.3 Å². The highest BCUT2D eigenvalue weighted by molar-refractivity contribution is 14.0. The van der Waals surface area contributed by atoms with Crippen LogP contribution in [0.5, 0.6) is 0 Å². The number of amides is 1. The standard InChI is InChI=1S/C20H29N7O2.HI/c1-4-21-20(22-9-8-19(28)25-18-7-5-6-15(2)24-18)27-10-11-29-17(14-27)16-12-23-26(3)13-16;/h5-7,12-13,17H,4,8-11,14H2,1-3H3,(H,21,22)(H,24,25,28);1H. The van der Waals surface area contributed by atoms with Crippen molar-refractivity contribution in [2.45, 2.75) is 26.4 Å². The Kier molecular flexibility index (Phi) is 9.50. The van der Waals surface area contributed by atoms with E-state index in [0.29, 0.717) is 31.9 Å². The van der Waals surface area contributed by atoms with Crippen molar-refractivity contribution >= 4 is 41.7 Å². The van der Waals surface area contributed by atoms with Crippen LogP contribution in [0.1, 0.15) is 30.7 Å². The molecule has 0 saturated carbocycles. The molecule has 1 aliphatic rings. The number of hydrogen-bond donors (Lipinski definition) is 2. The maximum Gasteiger partial charge on any atom is 0.227 e. The molecule has 10 heteroatoms. The molecule has 0 radical (unpaired) electrons. The van der Waals surface area contributed by atoms with E-state index in [9.17, 15) is 4.79 Å². The Balaban J connectivity index is 0.00000320. The zero-order chi connectivity index (χ0) is 20.6. The third kappa shape index (κ3) is 6.94. The summed E-state index contributed by atoms with van der Waals surface area (Å²) in [5, 5.41) is 10.4. The van der Waals surface area contributed by atoms with Crippen LogP contribution in [0.25, 0.3) is 0 Å². The minimum Gasteiger partial charge on any atom is -0.370 e. The smallest absolute Gasteiger partial charge is 0.227 e. The summed E-state index contributed by atoms with van der Waals surface area (Å²) in [7, 11) is 1.90. The van der Waals surface area contributed by atoms with Crippen LogP contribution < -0.4 is 10.6 Å². The Morgan fingerprint density at radius 3 is 2.93 bits per heavy atom. The molecular formula is C20H30IN7O2. The lowest BCUT2D eigenvalue weighted by Crippen LogP contribution is -2.48. The number of rotatable bonds is 6. The van der Waals surface area contributed by atoms with Crippen LogP contribution in [0.3, 0.4) is 0 Å². The lowest BCUT2D eigenvalue weighted by molar-refractivity contribution is -0.116. The minimum atomic E-state index is -0.0992. The monoisotopic (exact) mass is 527 g/mol. The number of aliphatic imine (C=N–C) groups is 1. The number of halogens is 1. The summed E-state index contributed by atoms with van der Waals surface area (Å²) in [4.78, 5) is 23.3. The Morgan fingerprint density at radius 1 is 1.40 bits per heavy atom. The molecule has 1 fully saturated rings. The number of ether oxygens (including phenoxy) is 1. The molecule has 1 aliphatic heterocycles. The average molecular weight is 527 g/mol. The highest BCUT2D eigenvalue weighted by Gasteiger charge is 2.25. The van der Waals surface area contributed by atoms with Crippen molar-refractivity contribution in [2.75, 3.05) is 38.1 Å². The first-order valence-corrected chi connectivity index (χ1v) is 9.92. The van der Waals surface area contributed by atoms with E-state index in [1.54, 1.807) is 10.7 Å². The molecule has 1 atom stereocenters. The second-order valence-electron chi connectivity index (χ2n) is 6.95. The van der Waals surface area contributed by atoms with Gasteiger partial charge in [0.25, 0.3) is 0 Å². The first-order valence-electron chi connectivity index (χ1n) is 9.92. The average Bonchev–Trinajstić information content (AvgIpc) is 3.14. The van der Waals surface area contributed by atoms with Crippen molar-refractivity contribution in [1.82, 2.24) is 25.0 Å². The molecule has 1 unspecified atom stereocenters. The Morgan fingerprint density at radius 2 is 2.23 bits per heavy atom. The Labute approximate surface area is 194 Å². The van der Waals surface area contributed by atoms with Gasteiger partial charge in [0, 0.05) is 44.0 Å². The zero-order valence-electron chi connectivity index (χ0n) is 17.7. The van der Waals surface area contributed by atoms with Crippen molar-refractivity contribution in [3.8, 4) is 0 Å². The Hall–Kier alpha value is -2.21. The summed E-state index contributed by atoms with van der Waals surface area (Å²) < 4.78 is 7.68. The number of morpholine rings is 1. The van der Waals surface area contributed by atoms with Crippen molar-refractivity contribution < 1.29 is 9.53 Å². The van der Waals surface area contributed by atoms with Gasteiger partial charge in [-0.3, -0.25) is 14.5 Å². The number of aromatic nitrogens is 3.